The topological polar surface area (TPSA) is 363 Å². The molecule has 0 aliphatic carbocycles. The number of carbonyl (C=O) groups excluding carboxylic acids is 1. The number of carbonyl (C=O) groups is 5. The van der Waals surface area contributed by atoms with Crippen molar-refractivity contribution in [2.75, 3.05) is 11.6 Å². The number of carboxylic acids is 4. The van der Waals surface area contributed by atoms with E-state index >= 15 is 0 Å². The lowest BCUT2D eigenvalue weighted by Crippen LogP contribution is -2.37. The van der Waals surface area contributed by atoms with Crippen molar-refractivity contribution in [1.82, 2.24) is 0 Å². The lowest BCUT2D eigenvalue weighted by molar-refractivity contribution is -0.135. The molecule has 0 saturated heterocycles. The zero-order chi connectivity index (χ0) is 48.8. The summed E-state index contributed by atoms with van der Waals surface area (Å²) in [5, 5.41) is 71.5. The molecule has 0 saturated carbocycles. The van der Waals surface area contributed by atoms with Gasteiger partial charge in [0.2, 0.25) is 0 Å². The zero-order valence-electron chi connectivity index (χ0n) is 35.9. The minimum Gasteiger partial charge on any atom is -0.506 e. The Bertz CT molecular complexity index is 2610. The highest BCUT2D eigenvalue weighted by molar-refractivity contribution is 6.08. The molecule has 0 aliphatic heterocycles. The SMILES string of the molecule is CC(=O)O.CC(=O)O.CC(=O)O.CC(=O)O.NCc1cc(C(=O)N(CN)c2ccc(N=Nc3c(O)ccc4ccccc34)cc2)c(CN)c(CN)c1N=Nc1c(O)ccc2ccccc12. The third-order valence-electron chi connectivity index (χ3n) is 8.32. The van der Waals surface area contributed by atoms with Crippen molar-refractivity contribution < 1.29 is 54.6 Å². The first kappa shape index (κ1) is 53.0. The molecule has 14 N–H and O–H groups in total. The van der Waals surface area contributed by atoms with Crippen LogP contribution in [0.3, 0.4) is 0 Å². The molecule has 1 amide bonds. The lowest BCUT2D eigenvalue weighted by atomic mass is 9.94. The molecule has 0 spiro atoms. The first-order chi connectivity index (χ1) is 30.8. The van der Waals surface area contributed by atoms with Gasteiger partial charge in [-0.15, -0.1) is 15.3 Å². The second-order valence-corrected chi connectivity index (χ2v) is 13.2. The van der Waals surface area contributed by atoms with Crippen LogP contribution in [-0.4, -0.2) is 67.1 Å². The Hall–Kier alpha value is -8.17. The molecular weight excluding hydrogens is 843 g/mol. The summed E-state index contributed by atoms with van der Waals surface area (Å²) in [5.41, 5.74) is 28.6. The minimum atomic E-state index is -0.833. The van der Waals surface area contributed by atoms with Crippen molar-refractivity contribution in [1.29, 1.82) is 0 Å². The van der Waals surface area contributed by atoms with Crippen LogP contribution in [0.5, 0.6) is 11.5 Å². The Labute approximate surface area is 372 Å². The molecule has 0 aliphatic rings. The maximum atomic E-state index is 14.1. The molecule has 342 valence electrons. The van der Waals surface area contributed by atoms with E-state index in [2.05, 4.69) is 20.5 Å². The average Bonchev–Trinajstić information content (AvgIpc) is 3.25. The molecule has 65 heavy (non-hydrogen) atoms. The molecule has 6 aromatic rings. The van der Waals surface area contributed by atoms with Gasteiger partial charge < -0.3 is 53.6 Å². The van der Waals surface area contributed by atoms with Gasteiger partial charge >= 0.3 is 0 Å². The molecule has 0 bridgehead atoms. The summed E-state index contributed by atoms with van der Waals surface area (Å²) >= 11 is 0. The number of fused-ring (bicyclic) bond motifs is 2. The van der Waals surface area contributed by atoms with Crippen LogP contribution in [0.4, 0.5) is 28.4 Å². The van der Waals surface area contributed by atoms with E-state index in [-0.39, 0.29) is 43.4 Å². The number of hydrogen-bond acceptors (Lipinski definition) is 15. The maximum absolute atomic E-state index is 14.1. The summed E-state index contributed by atoms with van der Waals surface area (Å²) in [4.78, 5) is 51.5. The smallest absolute Gasteiger partial charge is 0.300 e. The summed E-state index contributed by atoms with van der Waals surface area (Å²) in [7, 11) is 0. The Morgan fingerprint density at radius 3 is 1.31 bits per heavy atom. The normalized spacial score (nSPS) is 10.3. The van der Waals surface area contributed by atoms with Crippen LogP contribution in [0, 0.1) is 0 Å². The fraction of sp³-hybridized carbons (Fsp3) is 0.178. The Kier molecular flexibility index (Phi) is 21.5. The molecule has 20 heteroatoms. The maximum Gasteiger partial charge on any atom is 0.300 e. The van der Waals surface area contributed by atoms with Gasteiger partial charge in [-0.1, -0.05) is 60.7 Å². The van der Waals surface area contributed by atoms with Crippen molar-refractivity contribution in [2.24, 2.45) is 43.4 Å². The number of aromatic hydroxyl groups is 2. The number of aliphatic carboxylic acids is 4. The number of hydrogen-bond donors (Lipinski definition) is 10. The molecule has 0 radical (unpaired) electrons. The molecule has 0 atom stereocenters. The molecular formula is C45H51N9O11. The largest absolute Gasteiger partial charge is 0.506 e. The monoisotopic (exact) mass is 893 g/mol. The van der Waals surface area contributed by atoms with Crippen molar-refractivity contribution in [3.63, 3.8) is 0 Å². The van der Waals surface area contributed by atoms with Crippen LogP contribution in [0.1, 0.15) is 54.7 Å². The number of anilines is 1. The molecule has 0 unspecified atom stereocenters. The third-order valence-corrected chi connectivity index (χ3v) is 8.32. The second kappa shape index (κ2) is 26.3. The van der Waals surface area contributed by atoms with Gasteiger partial charge in [-0.3, -0.25) is 28.9 Å². The third kappa shape index (κ3) is 16.2. The fourth-order valence-corrected chi connectivity index (χ4v) is 5.81. The highest BCUT2D eigenvalue weighted by Gasteiger charge is 2.25. The van der Waals surface area contributed by atoms with Gasteiger partial charge in [-0.25, -0.2) is 0 Å². The van der Waals surface area contributed by atoms with Crippen LogP contribution >= 0.6 is 0 Å². The van der Waals surface area contributed by atoms with Crippen LogP contribution in [-0.2, 0) is 38.8 Å². The first-order valence-electron chi connectivity index (χ1n) is 19.2. The molecule has 0 aromatic heterocycles. The van der Waals surface area contributed by atoms with Gasteiger partial charge in [0.25, 0.3) is 29.8 Å². The fourth-order valence-electron chi connectivity index (χ4n) is 5.81. The van der Waals surface area contributed by atoms with Gasteiger partial charge in [-0.05, 0) is 69.9 Å². The number of amides is 1. The average molecular weight is 894 g/mol. The Balaban J connectivity index is 0.000000786. The number of nitrogens with zero attached hydrogens (tertiary/aromatic N) is 5. The van der Waals surface area contributed by atoms with Gasteiger partial charge in [0.1, 0.15) is 22.9 Å². The van der Waals surface area contributed by atoms with Crippen LogP contribution in [0.2, 0.25) is 0 Å². The molecule has 6 rings (SSSR count). The highest BCUT2D eigenvalue weighted by atomic mass is 16.4. The van der Waals surface area contributed by atoms with Gasteiger partial charge in [0, 0.05) is 69.4 Å². The molecule has 0 fully saturated rings. The first-order valence-corrected chi connectivity index (χ1v) is 19.2. The van der Waals surface area contributed by atoms with E-state index in [1.54, 1.807) is 48.5 Å². The Morgan fingerprint density at radius 2 is 0.908 bits per heavy atom. The number of phenols is 2. The quantitative estimate of drug-likeness (QED) is 0.0469. The van der Waals surface area contributed by atoms with Crippen molar-refractivity contribution in [2.45, 2.75) is 47.3 Å². The van der Waals surface area contributed by atoms with E-state index in [9.17, 15) is 15.0 Å². The van der Waals surface area contributed by atoms with E-state index in [1.165, 1.54) is 4.90 Å². The summed E-state index contributed by atoms with van der Waals surface area (Å²) < 4.78 is 0. The van der Waals surface area contributed by atoms with E-state index < -0.39 is 29.8 Å². The minimum absolute atomic E-state index is 0.00507. The van der Waals surface area contributed by atoms with Crippen LogP contribution in [0.25, 0.3) is 21.5 Å². The van der Waals surface area contributed by atoms with Crippen molar-refractivity contribution in [3.05, 3.63) is 125 Å². The zero-order valence-corrected chi connectivity index (χ0v) is 35.9. The van der Waals surface area contributed by atoms with Gasteiger partial charge in [0.15, 0.2) is 0 Å². The molecule has 0 heterocycles. The summed E-state index contributed by atoms with van der Waals surface area (Å²) in [5.74, 6) is -3.75. The lowest BCUT2D eigenvalue weighted by Gasteiger charge is -2.24. The predicted octanol–water partition coefficient (Wildman–Crippen LogP) is 7.54. The number of rotatable bonds is 10. The number of azo groups is 2. The number of benzene rings is 6. The van der Waals surface area contributed by atoms with E-state index in [0.29, 0.717) is 45.1 Å². The molecule has 20 nitrogen and oxygen atoms in total. The van der Waals surface area contributed by atoms with Crippen LogP contribution in [0.15, 0.2) is 124 Å². The van der Waals surface area contributed by atoms with Crippen LogP contribution < -0.4 is 27.8 Å². The Morgan fingerprint density at radius 1 is 0.508 bits per heavy atom. The number of phenolic OH excluding ortho intramolecular Hbond substituents is 2. The highest BCUT2D eigenvalue weighted by Crippen LogP contribution is 2.39. The summed E-state index contributed by atoms with van der Waals surface area (Å²) in [6.07, 6.45) is 0. The van der Waals surface area contributed by atoms with Gasteiger partial charge in [0.05, 0.1) is 18.0 Å². The molecule has 6 aromatic carbocycles. The van der Waals surface area contributed by atoms with E-state index in [4.69, 9.17) is 62.5 Å². The summed E-state index contributed by atoms with van der Waals surface area (Å²) in [6, 6.07) is 30.3. The number of carboxylic acid groups (broad SMARTS) is 4. The standard InChI is InChI=1S/C37H35N9O3.4C2H4O2/c38-18-24-17-29(30(19-39)31(20-40)34(24)43-45-36-28-8-4-2-6-23(28)10-16-33(36)48)37(49)46(21-41)26-13-11-25(12-14-26)42-44-35-27-7-3-1-5-22(27)9-15-32(35)47;4*1-2(3)4/h1-17,47-48H,18-21,38-41H2;4*1H3,(H,3,4). The van der Waals surface area contributed by atoms with E-state index in [0.717, 1.165) is 49.2 Å². The van der Waals surface area contributed by atoms with Crippen molar-refractivity contribution >= 4 is 79.8 Å². The van der Waals surface area contributed by atoms with Gasteiger partial charge in [-0.2, -0.15) is 5.11 Å². The van der Waals surface area contributed by atoms with Crippen molar-refractivity contribution in [3.8, 4) is 11.5 Å². The number of nitrogens with two attached hydrogens (primary N) is 4. The van der Waals surface area contributed by atoms with E-state index in [1.807, 2.05) is 54.6 Å². The summed E-state index contributed by atoms with van der Waals surface area (Å²) in [6.45, 7) is 4.22. The second-order valence-electron chi connectivity index (χ2n) is 13.2. The predicted molar refractivity (Wildman–Crippen MR) is 245 cm³/mol.